The molecule has 2 aromatic rings. The molecule has 2 aromatic carbocycles. The van der Waals surface area contributed by atoms with Crippen LogP contribution < -0.4 is 0 Å². The van der Waals surface area contributed by atoms with Crippen LogP contribution in [-0.4, -0.2) is 17.5 Å². The molecule has 0 atom stereocenters. The summed E-state index contributed by atoms with van der Waals surface area (Å²) in [5, 5.41) is 0. The van der Waals surface area contributed by atoms with Crippen molar-refractivity contribution in [2.75, 3.05) is 7.05 Å². The molecule has 1 heteroatoms. The summed E-state index contributed by atoms with van der Waals surface area (Å²) < 4.78 is 0. The van der Waals surface area contributed by atoms with Crippen LogP contribution >= 0.6 is 0 Å². The zero-order valence-electron chi connectivity index (χ0n) is 12.1. The Bertz CT molecular complexity index is 488. The fraction of sp³-hybridized carbons (Fsp3) is 0.333. The number of benzene rings is 2. The van der Waals surface area contributed by atoms with E-state index >= 15 is 0 Å². The van der Waals surface area contributed by atoms with Crippen LogP contribution in [0.2, 0.25) is 0 Å². The maximum atomic E-state index is 2.43. The van der Waals surface area contributed by atoms with Gasteiger partial charge in [-0.05, 0) is 38.4 Å². The molecular weight excluding hydrogens is 230 g/mol. The van der Waals surface area contributed by atoms with Crippen LogP contribution in [0.5, 0.6) is 0 Å². The highest BCUT2D eigenvalue weighted by Crippen LogP contribution is 2.21. The van der Waals surface area contributed by atoms with Gasteiger partial charge in [0.1, 0.15) is 0 Å². The van der Waals surface area contributed by atoms with Crippen LogP contribution in [0.15, 0.2) is 60.7 Å². The van der Waals surface area contributed by atoms with Gasteiger partial charge in [0.25, 0.3) is 0 Å². The van der Waals surface area contributed by atoms with E-state index < -0.39 is 0 Å². The quantitative estimate of drug-likeness (QED) is 0.774. The Hall–Kier alpha value is -1.60. The van der Waals surface area contributed by atoms with Crippen LogP contribution in [0.3, 0.4) is 0 Å². The summed E-state index contributed by atoms with van der Waals surface area (Å²) in [6.07, 6.45) is 1.07. The summed E-state index contributed by atoms with van der Waals surface area (Å²) in [5.41, 5.74) is 2.91. The van der Waals surface area contributed by atoms with Gasteiger partial charge in [-0.15, -0.1) is 0 Å². The molecule has 0 aliphatic rings. The van der Waals surface area contributed by atoms with Gasteiger partial charge in [0.2, 0.25) is 0 Å². The summed E-state index contributed by atoms with van der Waals surface area (Å²) in [7, 11) is 2.20. The van der Waals surface area contributed by atoms with Crippen molar-refractivity contribution in [2.45, 2.75) is 32.4 Å². The Kier molecular flexibility index (Phi) is 4.39. The van der Waals surface area contributed by atoms with Gasteiger partial charge in [-0.3, -0.25) is 4.90 Å². The summed E-state index contributed by atoms with van der Waals surface area (Å²) in [4.78, 5) is 2.43. The van der Waals surface area contributed by atoms with E-state index in [0.29, 0.717) is 0 Å². The first-order valence-electron chi connectivity index (χ1n) is 6.87. The van der Waals surface area contributed by atoms with E-state index in [1.807, 2.05) is 0 Å². The van der Waals surface area contributed by atoms with Crippen molar-refractivity contribution in [2.24, 2.45) is 0 Å². The van der Waals surface area contributed by atoms with Gasteiger partial charge in [-0.1, -0.05) is 60.7 Å². The van der Waals surface area contributed by atoms with Crippen LogP contribution in [-0.2, 0) is 13.0 Å². The molecule has 0 fully saturated rings. The topological polar surface area (TPSA) is 3.24 Å². The first kappa shape index (κ1) is 13.8. The van der Waals surface area contributed by atoms with Crippen molar-refractivity contribution in [1.82, 2.24) is 4.90 Å². The minimum atomic E-state index is 0.150. The molecule has 0 saturated heterocycles. The molecule has 1 nitrogen and oxygen atoms in total. The lowest BCUT2D eigenvalue weighted by Crippen LogP contribution is -2.42. The second-order valence-corrected chi connectivity index (χ2v) is 5.82. The molecule has 0 amide bonds. The number of hydrogen-bond donors (Lipinski definition) is 0. The van der Waals surface area contributed by atoms with Gasteiger partial charge in [-0.2, -0.15) is 0 Å². The summed E-state index contributed by atoms with van der Waals surface area (Å²) in [6.45, 7) is 5.60. The average molecular weight is 253 g/mol. The molecule has 19 heavy (non-hydrogen) atoms. The minimum Gasteiger partial charge on any atom is -0.297 e. The molecule has 0 aliphatic heterocycles. The minimum absolute atomic E-state index is 0.150. The van der Waals surface area contributed by atoms with Gasteiger partial charge in [-0.25, -0.2) is 0 Å². The number of likely N-dealkylation sites (N-methyl/N-ethyl adjacent to an activating group) is 1. The summed E-state index contributed by atoms with van der Waals surface area (Å²) in [5.74, 6) is 0. The maximum absolute atomic E-state index is 2.43. The standard InChI is InChI=1S/C18H23N/c1-18(2,14-16-10-6-4-7-11-16)19(3)15-17-12-8-5-9-13-17/h4-13H,14-15H2,1-3H3. The summed E-state index contributed by atoms with van der Waals surface area (Å²) >= 11 is 0. The third-order valence-electron chi connectivity index (χ3n) is 3.78. The Balaban J connectivity index is 2.02. The van der Waals surface area contributed by atoms with E-state index in [-0.39, 0.29) is 5.54 Å². The number of rotatable bonds is 5. The number of hydrogen-bond acceptors (Lipinski definition) is 1. The zero-order valence-corrected chi connectivity index (χ0v) is 12.1. The van der Waals surface area contributed by atoms with Crippen molar-refractivity contribution in [1.29, 1.82) is 0 Å². The maximum Gasteiger partial charge on any atom is 0.0236 e. The van der Waals surface area contributed by atoms with Crippen LogP contribution in [0, 0.1) is 0 Å². The van der Waals surface area contributed by atoms with Crippen LogP contribution in [0.25, 0.3) is 0 Å². The fourth-order valence-corrected chi connectivity index (χ4v) is 2.30. The Morgan fingerprint density at radius 1 is 0.789 bits per heavy atom. The van der Waals surface area contributed by atoms with Crippen molar-refractivity contribution in [3.63, 3.8) is 0 Å². The largest absolute Gasteiger partial charge is 0.297 e. The Labute approximate surface area is 116 Å². The van der Waals surface area contributed by atoms with E-state index in [1.165, 1.54) is 11.1 Å². The molecule has 0 heterocycles. The van der Waals surface area contributed by atoms with E-state index in [9.17, 15) is 0 Å². The van der Waals surface area contributed by atoms with Gasteiger partial charge >= 0.3 is 0 Å². The first-order valence-corrected chi connectivity index (χ1v) is 6.87. The van der Waals surface area contributed by atoms with Gasteiger partial charge in [0, 0.05) is 12.1 Å². The van der Waals surface area contributed by atoms with E-state index in [0.717, 1.165) is 13.0 Å². The Morgan fingerprint density at radius 2 is 1.26 bits per heavy atom. The molecule has 100 valence electrons. The molecule has 0 aromatic heterocycles. The molecule has 2 rings (SSSR count). The first-order chi connectivity index (χ1) is 9.08. The highest BCUT2D eigenvalue weighted by molar-refractivity contribution is 5.18. The van der Waals surface area contributed by atoms with Gasteiger partial charge in [0.15, 0.2) is 0 Å². The smallest absolute Gasteiger partial charge is 0.0236 e. The molecule has 0 aliphatic carbocycles. The van der Waals surface area contributed by atoms with E-state index in [2.05, 4.69) is 86.5 Å². The third-order valence-corrected chi connectivity index (χ3v) is 3.78. The van der Waals surface area contributed by atoms with Crippen molar-refractivity contribution >= 4 is 0 Å². The second kappa shape index (κ2) is 6.03. The molecule has 0 bridgehead atoms. The van der Waals surface area contributed by atoms with Crippen molar-refractivity contribution < 1.29 is 0 Å². The lowest BCUT2D eigenvalue weighted by Gasteiger charge is -2.36. The monoisotopic (exact) mass is 253 g/mol. The van der Waals surface area contributed by atoms with Gasteiger partial charge in [0.05, 0.1) is 0 Å². The lowest BCUT2D eigenvalue weighted by molar-refractivity contribution is 0.147. The fourth-order valence-electron chi connectivity index (χ4n) is 2.30. The average Bonchev–Trinajstić information content (AvgIpc) is 2.40. The van der Waals surface area contributed by atoms with Crippen molar-refractivity contribution in [3.05, 3.63) is 71.8 Å². The molecule has 0 spiro atoms. The molecule has 0 saturated carbocycles. The van der Waals surface area contributed by atoms with Crippen LogP contribution in [0.4, 0.5) is 0 Å². The molecular formula is C18H23N. The molecule has 0 N–H and O–H groups in total. The highest BCUT2D eigenvalue weighted by atomic mass is 15.2. The third kappa shape index (κ3) is 3.93. The van der Waals surface area contributed by atoms with E-state index in [1.54, 1.807) is 0 Å². The molecule has 0 unspecified atom stereocenters. The van der Waals surface area contributed by atoms with Crippen molar-refractivity contribution in [3.8, 4) is 0 Å². The predicted octanol–water partition coefficient (Wildman–Crippen LogP) is 4.14. The SMILES string of the molecule is CN(Cc1ccccc1)C(C)(C)Cc1ccccc1. The highest BCUT2D eigenvalue weighted by Gasteiger charge is 2.23. The lowest BCUT2D eigenvalue weighted by atomic mass is 9.93. The predicted molar refractivity (Wildman–Crippen MR) is 82.1 cm³/mol. The Morgan fingerprint density at radius 3 is 1.79 bits per heavy atom. The van der Waals surface area contributed by atoms with Crippen LogP contribution in [0.1, 0.15) is 25.0 Å². The van der Waals surface area contributed by atoms with E-state index in [4.69, 9.17) is 0 Å². The summed E-state index contributed by atoms with van der Waals surface area (Å²) in [6, 6.07) is 21.4. The normalized spacial score (nSPS) is 11.8. The zero-order chi connectivity index (χ0) is 13.7. The second-order valence-electron chi connectivity index (χ2n) is 5.82. The van der Waals surface area contributed by atoms with Gasteiger partial charge < -0.3 is 0 Å². The molecule has 0 radical (unpaired) electrons. The number of nitrogens with zero attached hydrogens (tertiary/aromatic N) is 1.